The lowest BCUT2D eigenvalue weighted by Gasteiger charge is -2.33. The van der Waals surface area contributed by atoms with E-state index in [1.54, 1.807) is 24.2 Å². The maximum atomic E-state index is 14.5. The van der Waals surface area contributed by atoms with Crippen LogP contribution in [0.3, 0.4) is 0 Å². The minimum atomic E-state index is -1.02. The Labute approximate surface area is 200 Å². The van der Waals surface area contributed by atoms with Crippen LogP contribution in [0.5, 0.6) is 5.75 Å². The predicted molar refractivity (Wildman–Crippen MR) is 127 cm³/mol. The minimum Gasteiger partial charge on any atom is -0.495 e. The van der Waals surface area contributed by atoms with Gasteiger partial charge in [-0.15, -0.1) is 0 Å². The Morgan fingerprint density at radius 3 is 2.74 bits per heavy atom. The maximum absolute atomic E-state index is 14.5. The number of hydrogen-bond acceptors (Lipinski definition) is 4. The van der Waals surface area contributed by atoms with Crippen LogP contribution >= 0.6 is 0 Å². The topological polar surface area (TPSA) is 57.8 Å². The van der Waals surface area contributed by atoms with Gasteiger partial charge in [0.1, 0.15) is 29.1 Å². The largest absolute Gasteiger partial charge is 0.495 e. The third-order valence-corrected chi connectivity index (χ3v) is 6.21. The first-order valence-electron chi connectivity index (χ1n) is 11.3. The summed E-state index contributed by atoms with van der Waals surface area (Å²) in [7, 11) is 1.61. The van der Waals surface area contributed by atoms with E-state index >= 15 is 0 Å². The molecule has 1 atom stereocenters. The average molecular weight is 480 g/mol. The lowest BCUT2D eigenvalue weighted by molar-refractivity contribution is 0.319. The van der Waals surface area contributed by atoms with Gasteiger partial charge in [-0.1, -0.05) is 12.1 Å². The predicted octanol–water partition coefficient (Wildman–Crippen LogP) is 5.95. The fraction of sp³-hybridized carbons (Fsp3) is 0.269. The smallest absolute Gasteiger partial charge is 0.174 e. The second kappa shape index (κ2) is 9.05. The van der Waals surface area contributed by atoms with Crippen molar-refractivity contribution in [1.29, 1.82) is 0 Å². The van der Waals surface area contributed by atoms with E-state index in [-0.39, 0.29) is 6.42 Å². The van der Waals surface area contributed by atoms with Crippen LogP contribution in [-0.2, 0) is 12.0 Å². The second-order valence-electron chi connectivity index (χ2n) is 8.79. The molecule has 9 heteroatoms. The van der Waals surface area contributed by atoms with Crippen LogP contribution < -0.4 is 4.74 Å². The highest BCUT2D eigenvalue weighted by Crippen LogP contribution is 2.42. The Morgan fingerprint density at radius 2 is 1.97 bits per heavy atom. The summed E-state index contributed by atoms with van der Waals surface area (Å²) in [6.45, 7) is 2.51. The van der Waals surface area contributed by atoms with Crippen molar-refractivity contribution in [3.8, 4) is 11.4 Å². The number of rotatable bonds is 4. The monoisotopic (exact) mass is 479 g/mol. The molecule has 0 radical (unpaired) electrons. The van der Waals surface area contributed by atoms with E-state index in [0.29, 0.717) is 42.9 Å². The van der Waals surface area contributed by atoms with Gasteiger partial charge in [0.2, 0.25) is 0 Å². The van der Waals surface area contributed by atoms with Gasteiger partial charge in [0.25, 0.3) is 0 Å². The molecule has 1 aromatic carbocycles. The number of hydrogen-bond donors (Lipinski definition) is 0. The van der Waals surface area contributed by atoms with Gasteiger partial charge in [0, 0.05) is 31.3 Å². The highest BCUT2D eigenvalue weighted by molar-refractivity contribution is 5.69. The third-order valence-electron chi connectivity index (χ3n) is 6.21. The highest BCUT2D eigenvalue weighted by Gasteiger charge is 2.40. The molecule has 0 saturated carbocycles. The molecule has 0 fully saturated rings. The number of fused-ring (bicyclic) bond motifs is 2. The second-order valence-corrected chi connectivity index (χ2v) is 8.79. The molecular weight excluding hydrogens is 455 g/mol. The molecule has 6 nitrogen and oxygen atoms in total. The van der Waals surface area contributed by atoms with Crippen LogP contribution in [0.2, 0.25) is 0 Å². The van der Waals surface area contributed by atoms with Crippen LogP contribution in [0, 0.1) is 6.92 Å². The number of methoxy groups -OCH3 is 1. The van der Waals surface area contributed by atoms with E-state index < -0.39 is 22.9 Å². The molecule has 0 bridgehead atoms. The van der Waals surface area contributed by atoms with E-state index in [2.05, 4.69) is 15.1 Å². The molecule has 5 rings (SSSR count). The van der Waals surface area contributed by atoms with Crippen LogP contribution in [0.15, 0.2) is 66.4 Å². The van der Waals surface area contributed by atoms with Gasteiger partial charge in [-0.25, -0.2) is 27.8 Å². The van der Waals surface area contributed by atoms with Crippen molar-refractivity contribution in [2.75, 3.05) is 7.11 Å². The molecule has 180 valence electrons. The minimum absolute atomic E-state index is 0.171. The van der Waals surface area contributed by atoms with E-state index in [9.17, 15) is 13.2 Å². The molecule has 0 amide bonds. The molecule has 3 heterocycles. The number of ether oxygens (including phenoxy) is 1. The van der Waals surface area contributed by atoms with Crippen molar-refractivity contribution in [3.05, 3.63) is 89.3 Å². The number of allylic oxidation sites excluding steroid dienone is 6. The fourth-order valence-corrected chi connectivity index (χ4v) is 4.68. The van der Waals surface area contributed by atoms with E-state index in [4.69, 9.17) is 4.74 Å². The van der Waals surface area contributed by atoms with Crippen LogP contribution in [0.4, 0.5) is 13.2 Å². The highest BCUT2D eigenvalue weighted by atomic mass is 19.1. The molecule has 1 spiro atoms. The molecule has 0 saturated heterocycles. The van der Waals surface area contributed by atoms with E-state index in [0.717, 1.165) is 23.0 Å². The lowest BCUT2D eigenvalue weighted by Crippen LogP contribution is -2.33. The Balaban J connectivity index is 1.46. The Kier molecular flexibility index (Phi) is 5.92. The molecule has 2 aliphatic rings. The maximum Gasteiger partial charge on any atom is 0.174 e. The van der Waals surface area contributed by atoms with Gasteiger partial charge in [-0.2, -0.15) is 5.10 Å². The third kappa shape index (κ3) is 4.58. The Bertz CT molecular complexity index is 1400. The van der Waals surface area contributed by atoms with Crippen LogP contribution in [-0.4, -0.2) is 31.4 Å². The van der Waals surface area contributed by atoms with E-state index in [1.807, 2.05) is 42.0 Å². The van der Waals surface area contributed by atoms with Crippen LogP contribution in [0.25, 0.3) is 17.8 Å². The molecule has 1 aliphatic heterocycles. The number of aromatic nitrogens is 5. The van der Waals surface area contributed by atoms with Crippen molar-refractivity contribution in [2.24, 2.45) is 0 Å². The first kappa shape index (κ1) is 22.9. The molecular formula is C26H24F3N5O. The Morgan fingerprint density at radius 1 is 1.11 bits per heavy atom. The quantitative estimate of drug-likeness (QED) is 0.464. The number of benzene rings is 1. The number of nitrogens with zero attached hydrogens (tertiary/aromatic N) is 5. The molecule has 0 N–H and O–H groups in total. The fourth-order valence-electron chi connectivity index (χ4n) is 4.68. The van der Waals surface area contributed by atoms with Gasteiger partial charge in [0.05, 0.1) is 30.2 Å². The zero-order chi connectivity index (χ0) is 24.6. The van der Waals surface area contributed by atoms with Crippen molar-refractivity contribution < 1.29 is 17.9 Å². The Hall–Kier alpha value is -3.88. The summed E-state index contributed by atoms with van der Waals surface area (Å²) in [4.78, 5) is 8.87. The summed E-state index contributed by atoms with van der Waals surface area (Å²) in [6, 6.07) is 5.77. The van der Waals surface area contributed by atoms with Crippen LogP contribution in [0.1, 0.15) is 42.2 Å². The summed E-state index contributed by atoms with van der Waals surface area (Å²) < 4.78 is 51.7. The molecule has 1 unspecified atom stereocenters. The summed E-state index contributed by atoms with van der Waals surface area (Å²) in [5.41, 5.74) is 1.62. The van der Waals surface area contributed by atoms with Crippen molar-refractivity contribution in [2.45, 2.75) is 38.1 Å². The lowest BCUT2D eigenvalue weighted by atomic mass is 9.76. The summed E-state index contributed by atoms with van der Waals surface area (Å²) >= 11 is 0. The van der Waals surface area contributed by atoms with Gasteiger partial charge in [0.15, 0.2) is 5.82 Å². The zero-order valence-corrected chi connectivity index (χ0v) is 19.4. The average Bonchev–Trinajstić information content (AvgIpc) is 3.43. The zero-order valence-electron chi connectivity index (χ0n) is 19.4. The number of halogens is 3. The SMILES string of the molecule is COc1cc(/C=C/c2nc3n(n2)CCCC32/C=C(F)/C=C(F)\C=C(\F)C2)ccc1-n1cnc(C)c1. The molecule has 1 aliphatic carbocycles. The van der Waals surface area contributed by atoms with E-state index in [1.165, 1.54) is 6.08 Å². The van der Waals surface area contributed by atoms with Gasteiger partial charge in [-0.05, 0) is 49.6 Å². The normalized spacial score (nSPS) is 24.7. The first-order chi connectivity index (χ1) is 16.8. The number of aryl methyl sites for hydroxylation is 2. The molecule has 35 heavy (non-hydrogen) atoms. The molecule has 3 aromatic rings. The van der Waals surface area contributed by atoms with Crippen molar-refractivity contribution >= 4 is 12.2 Å². The summed E-state index contributed by atoms with van der Waals surface area (Å²) in [5.74, 6) is -0.774. The van der Waals surface area contributed by atoms with Gasteiger partial charge < -0.3 is 9.30 Å². The summed E-state index contributed by atoms with van der Waals surface area (Å²) in [6.07, 6.45) is 10.9. The first-order valence-corrected chi connectivity index (χ1v) is 11.3. The van der Waals surface area contributed by atoms with Gasteiger partial charge in [-0.3, -0.25) is 0 Å². The molecule has 2 aromatic heterocycles. The van der Waals surface area contributed by atoms with Crippen molar-refractivity contribution in [1.82, 2.24) is 24.3 Å². The standard InChI is InChI=1S/C26H24F3N5O/c1-17-15-33(16-30-17)22-6-4-18(10-23(22)35-2)5-7-24-31-25-26(8-3-9-34(25)32-24)13-20(28)11-19(27)12-21(29)14-26/h4-7,10-13,15-16H,3,8-9,14H2,1-2H3/b7-5+,19-11+,20-13-,21-12+. The van der Waals surface area contributed by atoms with Gasteiger partial charge >= 0.3 is 0 Å². The van der Waals surface area contributed by atoms with Crippen molar-refractivity contribution in [3.63, 3.8) is 0 Å². The number of imidazole rings is 1. The summed E-state index contributed by atoms with van der Waals surface area (Å²) in [5, 5.41) is 4.54.